The molecule has 0 fully saturated rings. The molecule has 1 radical (unpaired) electrons. The minimum absolute atomic E-state index is 0.0952. The fourth-order valence-corrected chi connectivity index (χ4v) is 2.51. The summed E-state index contributed by atoms with van der Waals surface area (Å²) in [6.45, 7) is 5.76. The van der Waals surface area contributed by atoms with E-state index >= 15 is 0 Å². The van der Waals surface area contributed by atoms with E-state index in [4.69, 9.17) is 11.6 Å². The van der Waals surface area contributed by atoms with E-state index in [2.05, 4.69) is 20.4 Å². The average molecular weight is 369 g/mol. The van der Waals surface area contributed by atoms with Gasteiger partial charge in [0.05, 0.1) is 17.2 Å². The maximum Gasteiger partial charge on any atom is 0.255 e. The highest BCUT2D eigenvalue weighted by atomic mass is 35.5. The molecule has 3 rings (SSSR count). The van der Waals surface area contributed by atoms with Gasteiger partial charge in [-0.1, -0.05) is 25.4 Å². The maximum atomic E-state index is 14.3. The van der Waals surface area contributed by atoms with Crippen molar-refractivity contribution in [2.75, 3.05) is 0 Å². The molecule has 5 nitrogen and oxygen atoms in total. The van der Waals surface area contributed by atoms with Crippen molar-refractivity contribution in [3.8, 4) is 11.1 Å². The van der Waals surface area contributed by atoms with Crippen molar-refractivity contribution in [3.63, 3.8) is 0 Å². The Morgan fingerprint density at radius 2 is 1.72 bits per heavy atom. The van der Waals surface area contributed by atoms with Crippen LogP contribution in [0.5, 0.6) is 0 Å². The Morgan fingerprint density at radius 1 is 1.08 bits per heavy atom. The molecular weight excluding hydrogens is 355 g/mol. The molecule has 0 aliphatic heterocycles. The van der Waals surface area contributed by atoms with Gasteiger partial charge in [-0.15, -0.1) is 0 Å². The van der Waals surface area contributed by atoms with E-state index < -0.39 is 23.0 Å². The lowest BCUT2D eigenvalue weighted by atomic mass is 10.0. The molecule has 0 spiro atoms. The third kappa shape index (κ3) is 3.13. The molecule has 2 heterocycles. The topological polar surface area (TPSA) is 57.2 Å². The minimum Gasteiger partial charge on any atom is -0.263 e. The van der Waals surface area contributed by atoms with Crippen LogP contribution in [0.4, 0.5) is 19.0 Å². The fraction of sp³-hybridized carbons (Fsp3) is 0.312. The summed E-state index contributed by atoms with van der Waals surface area (Å²) >= 11 is 6.17. The van der Waals surface area contributed by atoms with Gasteiger partial charge < -0.3 is 0 Å². The highest BCUT2D eigenvalue weighted by Gasteiger charge is 2.26. The van der Waals surface area contributed by atoms with Crippen molar-refractivity contribution in [2.24, 2.45) is 5.92 Å². The van der Waals surface area contributed by atoms with Gasteiger partial charge >= 0.3 is 0 Å². The van der Waals surface area contributed by atoms with E-state index in [1.807, 2.05) is 20.8 Å². The van der Waals surface area contributed by atoms with Crippen LogP contribution in [0.2, 0.25) is 5.15 Å². The molecule has 0 aliphatic rings. The summed E-state index contributed by atoms with van der Waals surface area (Å²) in [4.78, 5) is 7.93. The van der Waals surface area contributed by atoms with E-state index in [9.17, 15) is 13.2 Å². The predicted octanol–water partition coefficient (Wildman–Crippen LogP) is 4.14. The number of nitrogens with zero attached hydrogens (tertiary/aromatic N) is 5. The first-order chi connectivity index (χ1) is 11.8. The second-order valence-corrected chi connectivity index (χ2v) is 6.29. The van der Waals surface area contributed by atoms with Crippen LogP contribution >= 0.6 is 11.6 Å². The van der Waals surface area contributed by atoms with Crippen LogP contribution < -0.4 is 5.32 Å². The zero-order chi connectivity index (χ0) is 18.3. The average Bonchev–Trinajstić information content (AvgIpc) is 2.96. The lowest BCUT2D eigenvalue weighted by molar-refractivity contribution is 0.464. The normalized spacial score (nSPS) is 12.8. The summed E-state index contributed by atoms with van der Waals surface area (Å²) in [5, 5.41) is 8.32. The Kier molecular flexibility index (Phi) is 4.55. The second kappa shape index (κ2) is 6.51. The first-order valence-electron chi connectivity index (χ1n) is 7.54. The number of benzene rings is 1. The molecule has 0 unspecified atom stereocenters. The smallest absolute Gasteiger partial charge is 0.255 e. The van der Waals surface area contributed by atoms with Crippen molar-refractivity contribution in [1.29, 1.82) is 0 Å². The van der Waals surface area contributed by atoms with E-state index in [0.29, 0.717) is 12.1 Å². The molecule has 131 valence electrons. The van der Waals surface area contributed by atoms with E-state index in [-0.39, 0.29) is 34.3 Å². The van der Waals surface area contributed by atoms with Gasteiger partial charge in [-0.2, -0.15) is 19.6 Å². The Hall–Kier alpha value is -2.35. The van der Waals surface area contributed by atoms with Crippen molar-refractivity contribution in [2.45, 2.75) is 26.8 Å². The molecule has 9 heteroatoms. The van der Waals surface area contributed by atoms with Crippen molar-refractivity contribution in [3.05, 3.63) is 41.1 Å². The van der Waals surface area contributed by atoms with Gasteiger partial charge in [0.15, 0.2) is 5.82 Å². The Labute approximate surface area is 146 Å². The van der Waals surface area contributed by atoms with E-state index in [1.165, 1.54) is 10.8 Å². The van der Waals surface area contributed by atoms with Crippen LogP contribution in [0, 0.1) is 23.4 Å². The summed E-state index contributed by atoms with van der Waals surface area (Å²) in [6.07, 6.45) is 1.23. The molecule has 1 aromatic carbocycles. The lowest BCUT2D eigenvalue weighted by Crippen LogP contribution is -2.23. The Balaban J connectivity index is 2.32. The van der Waals surface area contributed by atoms with Gasteiger partial charge in [-0.3, -0.25) is 5.32 Å². The largest absolute Gasteiger partial charge is 0.263 e. The van der Waals surface area contributed by atoms with Gasteiger partial charge in [0.1, 0.15) is 28.9 Å². The lowest BCUT2D eigenvalue weighted by Gasteiger charge is -2.19. The third-order valence-corrected chi connectivity index (χ3v) is 4.18. The monoisotopic (exact) mass is 368 g/mol. The van der Waals surface area contributed by atoms with Crippen LogP contribution in [0.3, 0.4) is 0 Å². The summed E-state index contributed by atoms with van der Waals surface area (Å²) in [5.74, 6) is -2.83. The zero-order valence-corrected chi connectivity index (χ0v) is 14.4. The molecule has 1 atom stereocenters. The fourth-order valence-electron chi connectivity index (χ4n) is 2.26. The first-order valence-corrected chi connectivity index (χ1v) is 7.92. The first kappa shape index (κ1) is 17.5. The van der Waals surface area contributed by atoms with Gasteiger partial charge in [-0.25, -0.2) is 13.2 Å². The molecule has 0 amide bonds. The van der Waals surface area contributed by atoms with Crippen LogP contribution in [0.1, 0.15) is 20.8 Å². The Bertz CT molecular complexity index is 918. The predicted molar refractivity (Wildman–Crippen MR) is 87.2 cm³/mol. The van der Waals surface area contributed by atoms with Crippen LogP contribution in [-0.2, 0) is 0 Å². The molecule has 0 N–H and O–H groups in total. The van der Waals surface area contributed by atoms with Crippen molar-refractivity contribution in [1.82, 2.24) is 24.9 Å². The standard InChI is InChI=1S/C16H14ClF3N5/c1-7(2)8(3)23-15-13(12-10(19)4-9(18)5-11(12)20)14(17)24-16-21-6-22-25(15)16/h4-8H,1-3H3/t8-/m1/s1. The molecule has 25 heavy (non-hydrogen) atoms. The van der Waals surface area contributed by atoms with Crippen LogP contribution in [0.25, 0.3) is 16.9 Å². The molecule has 0 saturated carbocycles. The molecule has 0 saturated heterocycles. The van der Waals surface area contributed by atoms with Crippen molar-refractivity contribution >= 4 is 23.2 Å². The van der Waals surface area contributed by atoms with Gasteiger partial charge in [-0.05, 0) is 12.8 Å². The molecule has 2 aromatic heterocycles. The highest BCUT2D eigenvalue weighted by molar-refractivity contribution is 6.32. The SMILES string of the molecule is CC(C)[C@@H](C)[N]c1c(-c2c(F)cc(F)cc2F)c(Cl)nc2ncnn12. The van der Waals surface area contributed by atoms with Crippen LogP contribution in [0.15, 0.2) is 18.5 Å². The summed E-state index contributed by atoms with van der Waals surface area (Å²) in [5.41, 5.74) is -0.604. The summed E-state index contributed by atoms with van der Waals surface area (Å²) in [7, 11) is 0. The second-order valence-electron chi connectivity index (χ2n) is 5.93. The molecule has 0 aliphatic carbocycles. The number of aromatic nitrogens is 4. The third-order valence-electron chi connectivity index (χ3n) is 3.91. The zero-order valence-electron chi connectivity index (χ0n) is 13.6. The number of hydrogen-bond acceptors (Lipinski definition) is 3. The van der Waals surface area contributed by atoms with Crippen molar-refractivity contribution < 1.29 is 13.2 Å². The van der Waals surface area contributed by atoms with Gasteiger partial charge in [0.2, 0.25) is 0 Å². The molecular formula is C16H14ClF3N5. The number of fused-ring (bicyclic) bond motifs is 1. The van der Waals surface area contributed by atoms with E-state index in [0.717, 1.165) is 0 Å². The molecule has 0 bridgehead atoms. The number of halogens is 4. The van der Waals surface area contributed by atoms with Gasteiger partial charge in [0, 0.05) is 12.1 Å². The maximum absolute atomic E-state index is 14.3. The quantitative estimate of drug-likeness (QED) is 0.650. The Morgan fingerprint density at radius 3 is 2.32 bits per heavy atom. The summed E-state index contributed by atoms with van der Waals surface area (Å²) < 4.78 is 43.2. The highest BCUT2D eigenvalue weighted by Crippen LogP contribution is 2.38. The summed E-state index contributed by atoms with van der Waals surface area (Å²) in [6, 6.07) is 0.961. The minimum atomic E-state index is -1.10. The number of rotatable bonds is 4. The number of hydrogen-bond donors (Lipinski definition) is 0. The van der Waals surface area contributed by atoms with Gasteiger partial charge in [0.25, 0.3) is 5.78 Å². The van der Waals surface area contributed by atoms with Crippen LogP contribution in [-0.4, -0.2) is 25.6 Å². The van der Waals surface area contributed by atoms with E-state index in [1.54, 1.807) is 0 Å². The molecule has 3 aromatic rings.